The third-order valence-electron chi connectivity index (χ3n) is 2.38. The molecule has 2 rings (SSSR count). The number of halogens is 4. The normalized spacial score (nSPS) is 10.5. The Morgan fingerprint density at radius 1 is 1.21 bits per heavy atom. The molecule has 2 aromatic rings. The Balaban J connectivity index is 2.21. The minimum absolute atomic E-state index is 0.00218. The van der Waals surface area contributed by atoms with E-state index in [9.17, 15) is 5.11 Å². The van der Waals surface area contributed by atoms with E-state index in [2.05, 4.69) is 26.2 Å². The molecular formula is C12H8BrCl3N2O. The molecule has 0 radical (unpaired) electrons. The highest BCUT2D eigenvalue weighted by Crippen LogP contribution is 2.32. The van der Waals surface area contributed by atoms with Gasteiger partial charge in [0, 0.05) is 27.8 Å². The first-order valence-corrected chi connectivity index (χ1v) is 7.12. The van der Waals surface area contributed by atoms with Crippen molar-refractivity contribution < 1.29 is 5.11 Å². The summed E-state index contributed by atoms with van der Waals surface area (Å²) in [6, 6.07) is 4.91. The van der Waals surface area contributed by atoms with E-state index in [4.69, 9.17) is 34.8 Å². The van der Waals surface area contributed by atoms with Gasteiger partial charge in [-0.2, -0.15) is 0 Å². The summed E-state index contributed by atoms with van der Waals surface area (Å²) in [6.45, 7) is 0.323. The molecule has 0 amide bonds. The van der Waals surface area contributed by atoms with Crippen LogP contribution in [0, 0.1) is 0 Å². The fourth-order valence-electron chi connectivity index (χ4n) is 1.49. The lowest BCUT2D eigenvalue weighted by Crippen LogP contribution is -2.01. The number of nitrogens with zero attached hydrogens (tertiary/aromatic N) is 1. The summed E-state index contributed by atoms with van der Waals surface area (Å²) in [5, 5.41) is 13.9. The molecule has 0 unspecified atom stereocenters. The van der Waals surface area contributed by atoms with Crippen molar-refractivity contribution >= 4 is 56.4 Å². The van der Waals surface area contributed by atoms with E-state index in [1.54, 1.807) is 18.3 Å². The first-order chi connectivity index (χ1) is 8.97. The Morgan fingerprint density at radius 2 is 1.95 bits per heavy atom. The van der Waals surface area contributed by atoms with Gasteiger partial charge >= 0.3 is 0 Å². The monoisotopic (exact) mass is 380 g/mol. The third kappa shape index (κ3) is 3.66. The van der Waals surface area contributed by atoms with Crippen molar-refractivity contribution in [3.8, 4) is 5.75 Å². The maximum Gasteiger partial charge on any atom is 0.152 e. The summed E-state index contributed by atoms with van der Waals surface area (Å²) in [5.41, 5.74) is 1.22. The number of phenols is 1. The second-order valence-corrected chi connectivity index (χ2v) is 5.86. The summed E-state index contributed by atoms with van der Waals surface area (Å²) in [5.74, 6) is -0.00218. The summed E-state index contributed by atoms with van der Waals surface area (Å²) in [7, 11) is 0. The molecule has 0 saturated heterocycles. The van der Waals surface area contributed by atoms with Crippen molar-refractivity contribution in [3.63, 3.8) is 0 Å². The molecule has 0 atom stereocenters. The van der Waals surface area contributed by atoms with Crippen LogP contribution in [0.5, 0.6) is 5.75 Å². The van der Waals surface area contributed by atoms with Crippen molar-refractivity contribution in [3.05, 3.63) is 49.6 Å². The maximum absolute atomic E-state index is 9.84. The summed E-state index contributed by atoms with van der Waals surface area (Å²) in [6.07, 6.45) is 1.60. The molecule has 3 nitrogen and oxygen atoms in total. The molecule has 1 aromatic carbocycles. The molecule has 2 N–H and O–H groups in total. The summed E-state index contributed by atoms with van der Waals surface area (Å²) < 4.78 is 0.799. The van der Waals surface area contributed by atoms with E-state index in [-0.39, 0.29) is 10.8 Å². The van der Waals surface area contributed by atoms with Gasteiger partial charge in [0.2, 0.25) is 0 Å². The predicted octanol–water partition coefficient (Wildman–Crippen LogP) is 5.12. The topological polar surface area (TPSA) is 45.1 Å². The van der Waals surface area contributed by atoms with Crippen LogP contribution in [-0.2, 0) is 6.54 Å². The molecule has 0 spiro atoms. The van der Waals surface area contributed by atoms with Crippen LogP contribution in [-0.4, -0.2) is 10.1 Å². The summed E-state index contributed by atoms with van der Waals surface area (Å²) in [4.78, 5) is 3.99. The standard InChI is InChI=1S/C12H8BrCl3N2O/c13-7-2-10(12(16)18-5-7)17-4-6-1-8(14)3-9(15)11(6)19/h1-3,5,17,19H,4H2. The number of benzene rings is 1. The van der Waals surface area contributed by atoms with Gasteiger partial charge in [-0.25, -0.2) is 4.98 Å². The van der Waals surface area contributed by atoms with Crippen LogP contribution < -0.4 is 5.32 Å². The van der Waals surface area contributed by atoms with Gasteiger partial charge in [-0.1, -0.05) is 34.8 Å². The second-order valence-electron chi connectivity index (χ2n) is 3.74. The molecular weight excluding hydrogens is 374 g/mol. The number of aromatic hydroxyl groups is 1. The Bertz CT molecular complexity index is 622. The number of phenolic OH excluding ortho intramolecular Hbond substituents is 1. The largest absolute Gasteiger partial charge is 0.506 e. The van der Waals surface area contributed by atoms with Crippen LogP contribution in [0.1, 0.15) is 5.56 Å². The summed E-state index contributed by atoms with van der Waals surface area (Å²) >= 11 is 21.0. The van der Waals surface area contributed by atoms with Crippen molar-refractivity contribution in [2.24, 2.45) is 0 Å². The molecule has 7 heteroatoms. The maximum atomic E-state index is 9.84. The first-order valence-electron chi connectivity index (χ1n) is 5.19. The van der Waals surface area contributed by atoms with Crippen molar-refractivity contribution in [1.29, 1.82) is 0 Å². The van der Waals surface area contributed by atoms with E-state index in [1.165, 1.54) is 6.07 Å². The minimum Gasteiger partial charge on any atom is -0.506 e. The fraction of sp³-hybridized carbons (Fsp3) is 0.0833. The number of hydrogen-bond acceptors (Lipinski definition) is 3. The van der Waals surface area contributed by atoms with Crippen LogP contribution in [0.4, 0.5) is 5.69 Å². The van der Waals surface area contributed by atoms with Crippen LogP contribution in [0.2, 0.25) is 15.2 Å². The second kappa shape index (κ2) is 6.18. The van der Waals surface area contributed by atoms with Gasteiger partial charge in [0.1, 0.15) is 5.75 Å². The molecule has 0 aliphatic heterocycles. The number of rotatable bonds is 3. The van der Waals surface area contributed by atoms with E-state index < -0.39 is 0 Å². The van der Waals surface area contributed by atoms with Gasteiger partial charge in [0.25, 0.3) is 0 Å². The predicted molar refractivity (Wildman–Crippen MR) is 82.4 cm³/mol. The number of aromatic nitrogens is 1. The van der Waals surface area contributed by atoms with E-state index in [0.717, 1.165) is 4.47 Å². The third-order valence-corrected chi connectivity index (χ3v) is 3.62. The minimum atomic E-state index is -0.00218. The first kappa shape index (κ1) is 14.7. The van der Waals surface area contributed by atoms with Crippen molar-refractivity contribution in [2.45, 2.75) is 6.54 Å². The van der Waals surface area contributed by atoms with Crippen LogP contribution in [0.15, 0.2) is 28.9 Å². The smallest absolute Gasteiger partial charge is 0.152 e. The number of anilines is 1. The fourth-order valence-corrected chi connectivity index (χ4v) is 2.53. The zero-order valence-corrected chi connectivity index (χ0v) is 13.3. The number of pyridine rings is 1. The van der Waals surface area contributed by atoms with Crippen molar-refractivity contribution in [2.75, 3.05) is 5.32 Å². The molecule has 19 heavy (non-hydrogen) atoms. The Hall–Kier alpha value is -0.680. The highest BCUT2D eigenvalue weighted by Gasteiger charge is 2.09. The molecule has 1 heterocycles. The number of hydrogen-bond donors (Lipinski definition) is 2. The molecule has 0 aliphatic carbocycles. The zero-order chi connectivity index (χ0) is 14.0. The Labute approximate surface area is 133 Å². The Morgan fingerprint density at radius 3 is 2.68 bits per heavy atom. The molecule has 0 bridgehead atoms. The van der Waals surface area contributed by atoms with Gasteiger partial charge in [-0.15, -0.1) is 0 Å². The van der Waals surface area contributed by atoms with Gasteiger partial charge in [-0.05, 0) is 34.1 Å². The van der Waals surface area contributed by atoms with E-state index >= 15 is 0 Å². The highest BCUT2D eigenvalue weighted by atomic mass is 79.9. The lowest BCUT2D eigenvalue weighted by atomic mass is 10.2. The quantitative estimate of drug-likeness (QED) is 0.724. The molecule has 0 aliphatic rings. The van der Waals surface area contributed by atoms with Crippen LogP contribution >= 0.6 is 50.7 Å². The molecule has 0 fully saturated rings. The lowest BCUT2D eigenvalue weighted by molar-refractivity contribution is 0.469. The van der Waals surface area contributed by atoms with Crippen LogP contribution in [0.3, 0.4) is 0 Å². The molecule has 1 aromatic heterocycles. The average molecular weight is 382 g/mol. The zero-order valence-electron chi connectivity index (χ0n) is 9.42. The molecule has 100 valence electrons. The Kier molecular flexibility index (Phi) is 4.79. The van der Waals surface area contributed by atoms with Crippen molar-refractivity contribution in [1.82, 2.24) is 4.98 Å². The van der Waals surface area contributed by atoms with Gasteiger partial charge in [0.15, 0.2) is 5.15 Å². The average Bonchev–Trinajstić information content (AvgIpc) is 2.35. The van der Waals surface area contributed by atoms with Gasteiger partial charge in [0.05, 0.1) is 10.7 Å². The van der Waals surface area contributed by atoms with Crippen LogP contribution in [0.25, 0.3) is 0 Å². The van der Waals surface area contributed by atoms with Gasteiger partial charge < -0.3 is 10.4 Å². The van der Waals surface area contributed by atoms with E-state index in [0.29, 0.717) is 28.0 Å². The lowest BCUT2D eigenvalue weighted by Gasteiger charge is -2.11. The number of nitrogens with one attached hydrogen (secondary N) is 1. The SMILES string of the molecule is Oc1c(Cl)cc(Cl)cc1CNc1cc(Br)cnc1Cl. The van der Waals surface area contributed by atoms with Gasteiger partial charge in [-0.3, -0.25) is 0 Å². The van der Waals surface area contributed by atoms with E-state index in [1.807, 2.05) is 0 Å². The molecule has 0 saturated carbocycles. The highest BCUT2D eigenvalue weighted by molar-refractivity contribution is 9.10.